The summed E-state index contributed by atoms with van der Waals surface area (Å²) in [5, 5.41) is 13.1. The average Bonchev–Trinajstić information content (AvgIpc) is 2.36. The van der Waals surface area contributed by atoms with Crippen LogP contribution in [0, 0.1) is 0 Å². The maximum Gasteiger partial charge on any atom is 0.133 e. The molecule has 70 valence electrons. The number of halogens is 1. The molecule has 1 aliphatic rings. The zero-order valence-corrected chi connectivity index (χ0v) is 8.89. The van der Waals surface area contributed by atoms with Gasteiger partial charge in [0.25, 0.3) is 0 Å². The van der Waals surface area contributed by atoms with Crippen LogP contribution in [0.25, 0.3) is 0 Å². The lowest BCUT2D eigenvalue weighted by molar-refractivity contribution is 0.464. The molecule has 2 nitrogen and oxygen atoms in total. The molecular weight excluding hydrogens is 230 g/mol. The van der Waals surface area contributed by atoms with Crippen molar-refractivity contribution >= 4 is 15.9 Å². The summed E-state index contributed by atoms with van der Waals surface area (Å²) in [6.45, 7) is 1.96. The molecule has 0 spiro atoms. The molecule has 0 unspecified atom stereocenters. The molecule has 0 aliphatic carbocycles. The molecule has 0 amide bonds. The van der Waals surface area contributed by atoms with Gasteiger partial charge in [-0.15, -0.1) is 0 Å². The van der Waals surface area contributed by atoms with Gasteiger partial charge in [-0.3, -0.25) is 0 Å². The Kier molecular flexibility index (Phi) is 2.56. The van der Waals surface area contributed by atoms with Crippen LogP contribution in [0.1, 0.15) is 11.1 Å². The smallest absolute Gasteiger partial charge is 0.133 e. The number of aromatic hydroxyl groups is 1. The van der Waals surface area contributed by atoms with E-state index in [0.29, 0.717) is 5.75 Å². The summed E-state index contributed by atoms with van der Waals surface area (Å²) in [5.74, 6) is 0.418. The quantitative estimate of drug-likeness (QED) is 0.727. The number of hydrogen-bond acceptors (Lipinski definition) is 2. The van der Waals surface area contributed by atoms with Crippen LogP contribution in [0.15, 0.2) is 16.6 Å². The van der Waals surface area contributed by atoms with E-state index in [0.717, 1.165) is 36.0 Å². The highest BCUT2D eigenvalue weighted by molar-refractivity contribution is 9.10. The van der Waals surface area contributed by atoms with Gasteiger partial charge in [0.05, 0.1) is 4.47 Å². The number of fused-ring (bicyclic) bond motifs is 1. The lowest BCUT2D eigenvalue weighted by Gasteiger charge is -2.08. The second-order valence-corrected chi connectivity index (χ2v) is 4.14. The van der Waals surface area contributed by atoms with E-state index in [2.05, 4.69) is 27.3 Å². The van der Waals surface area contributed by atoms with Crippen LogP contribution in [0.4, 0.5) is 0 Å². The minimum atomic E-state index is 0.418. The molecular formula is C10H12BrNO. The zero-order chi connectivity index (χ0) is 9.26. The number of phenolic OH excluding ortho intramolecular Hbond substituents is 1. The molecule has 0 saturated heterocycles. The summed E-state index contributed by atoms with van der Waals surface area (Å²) < 4.78 is 0.799. The second kappa shape index (κ2) is 3.68. The third kappa shape index (κ3) is 1.71. The molecule has 0 atom stereocenters. The predicted octanol–water partition coefficient (Wildman–Crippen LogP) is 1.84. The van der Waals surface area contributed by atoms with Crippen molar-refractivity contribution in [2.75, 3.05) is 13.1 Å². The normalized spacial score (nSPS) is 16.4. The Morgan fingerprint density at radius 1 is 1.23 bits per heavy atom. The molecule has 1 heterocycles. The largest absolute Gasteiger partial charge is 0.506 e. The fraction of sp³-hybridized carbons (Fsp3) is 0.400. The highest BCUT2D eigenvalue weighted by Crippen LogP contribution is 2.31. The van der Waals surface area contributed by atoms with E-state index in [1.165, 1.54) is 5.56 Å². The lowest BCUT2D eigenvalue weighted by Crippen LogP contribution is -2.16. The molecule has 0 aromatic heterocycles. The van der Waals surface area contributed by atoms with Gasteiger partial charge < -0.3 is 10.4 Å². The summed E-state index contributed by atoms with van der Waals surface area (Å²) in [7, 11) is 0. The highest BCUT2D eigenvalue weighted by atomic mass is 79.9. The van der Waals surface area contributed by atoms with Gasteiger partial charge in [-0.2, -0.15) is 0 Å². The number of benzene rings is 1. The summed E-state index contributed by atoms with van der Waals surface area (Å²) in [6.07, 6.45) is 1.93. The Hall–Kier alpha value is -0.540. The van der Waals surface area contributed by atoms with Crippen molar-refractivity contribution in [1.29, 1.82) is 0 Å². The molecule has 0 saturated carbocycles. The van der Waals surface area contributed by atoms with Crippen LogP contribution in [0.3, 0.4) is 0 Å². The van der Waals surface area contributed by atoms with E-state index >= 15 is 0 Å². The second-order valence-electron chi connectivity index (χ2n) is 3.28. The van der Waals surface area contributed by atoms with Crippen LogP contribution in [-0.4, -0.2) is 18.2 Å². The van der Waals surface area contributed by atoms with Crippen LogP contribution >= 0.6 is 15.9 Å². The number of rotatable bonds is 0. The van der Waals surface area contributed by atoms with E-state index < -0.39 is 0 Å². The average molecular weight is 242 g/mol. The maximum atomic E-state index is 9.79. The van der Waals surface area contributed by atoms with E-state index in [1.807, 2.05) is 6.07 Å². The van der Waals surface area contributed by atoms with E-state index in [-0.39, 0.29) is 0 Å². The summed E-state index contributed by atoms with van der Waals surface area (Å²) in [4.78, 5) is 0. The fourth-order valence-electron chi connectivity index (χ4n) is 1.72. The zero-order valence-electron chi connectivity index (χ0n) is 7.31. The first-order valence-corrected chi connectivity index (χ1v) is 5.28. The molecule has 0 bridgehead atoms. The van der Waals surface area contributed by atoms with E-state index in [9.17, 15) is 5.11 Å². The van der Waals surface area contributed by atoms with Gasteiger partial charge in [-0.25, -0.2) is 0 Å². The molecule has 1 aromatic rings. The van der Waals surface area contributed by atoms with Crippen molar-refractivity contribution in [3.05, 3.63) is 27.7 Å². The Morgan fingerprint density at radius 2 is 2.00 bits per heavy atom. The minimum absolute atomic E-state index is 0.418. The van der Waals surface area contributed by atoms with Crippen LogP contribution < -0.4 is 5.32 Å². The van der Waals surface area contributed by atoms with Gasteiger partial charge in [0, 0.05) is 0 Å². The standard InChI is InChI=1S/C10H12BrNO/c11-9-2-1-7-3-5-12-6-4-8(7)10(9)13/h1-2,12-13H,3-6H2. The van der Waals surface area contributed by atoms with Crippen molar-refractivity contribution < 1.29 is 5.11 Å². The number of nitrogens with one attached hydrogen (secondary N) is 1. The van der Waals surface area contributed by atoms with Gasteiger partial charge in [-0.1, -0.05) is 6.07 Å². The highest BCUT2D eigenvalue weighted by Gasteiger charge is 2.12. The monoisotopic (exact) mass is 241 g/mol. The lowest BCUT2D eigenvalue weighted by atomic mass is 10.0. The van der Waals surface area contributed by atoms with Gasteiger partial charge in [-0.05, 0) is 59.1 Å². The Balaban J connectivity index is 2.48. The van der Waals surface area contributed by atoms with Crippen molar-refractivity contribution in [3.8, 4) is 5.75 Å². The van der Waals surface area contributed by atoms with Crippen LogP contribution in [-0.2, 0) is 12.8 Å². The molecule has 2 N–H and O–H groups in total. The maximum absolute atomic E-state index is 9.79. The molecule has 3 heteroatoms. The van der Waals surface area contributed by atoms with E-state index in [4.69, 9.17) is 0 Å². The molecule has 0 fully saturated rings. The third-order valence-electron chi connectivity index (χ3n) is 2.45. The minimum Gasteiger partial charge on any atom is -0.506 e. The van der Waals surface area contributed by atoms with Crippen molar-refractivity contribution in [2.45, 2.75) is 12.8 Å². The Labute approximate surface area is 86.1 Å². The summed E-state index contributed by atoms with van der Waals surface area (Å²) in [5.41, 5.74) is 2.37. The van der Waals surface area contributed by atoms with Crippen molar-refractivity contribution in [2.24, 2.45) is 0 Å². The number of hydrogen-bond donors (Lipinski definition) is 2. The molecule has 2 rings (SSSR count). The van der Waals surface area contributed by atoms with Crippen LogP contribution in [0.5, 0.6) is 5.75 Å². The Bertz CT molecular complexity index is 325. The van der Waals surface area contributed by atoms with Crippen molar-refractivity contribution in [1.82, 2.24) is 5.32 Å². The first-order chi connectivity index (χ1) is 6.29. The predicted molar refractivity (Wildman–Crippen MR) is 56.1 cm³/mol. The van der Waals surface area contributed by atoms with Gasteiger partial charge in [0.1, 0.15) is 5.75 Å². The van der Waals surface area contributed by atoms with Gasteiger partial charge in [0.2, 0.25) is 0 Å². The molecule has 1 aromatic carbocycles. The SMILES string of the molecule is Oc1c(Br)ccc2c1CCNCC2. The summed E-state index contributed by atoms with van der Waals surface area (Å²) >= 11 is 3.33. The summed E-state index contributed by atoms with van der Waals surface area (Å²) in [6, 6.07) is 4.01. The van der Waals surface area contributed by atoms with Gasteiger partial charge >= 0.3 is 0 Å². The topological polar surface area (TPSA) is 32.3 Å². The molecule has 1 aliphatic heterocycles. The van der Waals surface area contributed by atoms with Crippen molar-refractivity contribution in [3.63, 3.8) is 0 Å². The van der Waals surface area contributed by atoms with Gasteiger partial charge in [0.15, 0.2) is 0 Å². The first-order valence-electron chi connectivity index (χ1n) is 4.49. The van der Waals surface area contributed by atoms with E-state index in [1.54, 1.807) is 0 Å². The molecule has 13 heavy (non-hydrogen) atoms. The number of phenols is 1. The van der Waals surface area contributed by atoms with Crippen LogP contribution in [0.2, 0.25) is 0 Å². The fourth-order valence-corrected chi connectivity index (χ4v) is 2.10. The molecule has 0 radical (unpaired) electrons. The Morgan fingerprint density at radius 3 is 2.85 bits per heavy atom. The first kappa shape index (κ1) is 9.03. The third-order valence-corrected chi connectivity index (χ3v) is 3.09.